The van der Waals surface area contributed by atoms with Gasteiger partial charge in [0, 0.05) is 28.8 Å². The number of amides is 1. The molecule has 0 aromatic heterocycles. The van der Waals surface area contributed by atoms with Crippen LogP contribution in [-0.4, -0.2) is 23.9 Å². The Labute approximate surface area is 178 Å². The molecular weight excluding hydrogens is 397 g/mol. The van der Waals surface area contributed by atoms with Crippen molar-refractivity contribution in [2.24, 2.45) is 0 Å². The Morgan fingerprint density at radius 2 is 1.65 bits per heavy atom. The van der Waals surface area contributed by atoms with E-state index >= 15 is 0 Å². The first-order valence-electron chi connectivity index (χ1n) is 10.0. The molecule has 3 aromatic carbocycles. The van der Waals surface area contributed by atoms with Gasteiger partial charge in [-0.15, -0.1) is 0 Å². The fourth-order valence-electron chi connectivity index (χ4n) is 5.24. The van der Waals surface area contributed by atoms with Crippen LogP contribution in [0.25, 0.3) is 0 Å². The standard InChI is InChI=1S/C24H20FN3O3/c1-27-19-14-8-6-12-17(19)24(23(27)29)20(15-9-3-2-4-10-15)22(28(30)31)21(26-24)16-11-5-7-13-18(16)25/h2-14,20-22,26H,1H3/t20-,21+,22+,24?/m1/s1. The van der Waals surface area contributed by atoms with Gasteiger partial charge in [-0.25, -0.2) is 4.39 Å². The summed E-state index contributed by atoms with van der Waals surface area (Å²) in [5.74, 6) is -1.65. The molecule has 0 radical (unpaired) electrons. The van der Waals surface area contributed by atoms with Gasteiger partial charge in [0.25, 0.3) is 5.91 Å². The van der Waals surface area contributed by atoms with Gasteiger partial charge in [0.1, 0.15) is 17.4 Å². The molecule has 6 nitrogen and oxygen atoms in total. The third-order valence-corrected chi connectivity index (χ3v) is 6.51. The summed E-state index contributed by atoms with van der Waals surface area (Å²) in [7, 11) is 1.66. The molecule has 4 atom stereocenters. The predicted molar refractivity (Wildman–Crippen MR) is 114 cm³/mol. The van der Waals surface area contributed by atoms with Crippen molar-refractivity contribution < 1.29 is 14.1 Å². The van der Waals surface area contributed by atoms with E-state index in [0.29, 0.717) is 16.8 Å². The van der Waals surface area contributed by atoms with Crippen molar-refractivity contribution in [1.82, 2.24) is 5.32 Å². The first kappa shape index (κ1) is 19.4. The van der Waals surface area contributed by atoms with E-state index in [1.165, 1.54) is 11.0 Å². The molecule has 0 bridgehead atoms. The molecule has 1 saturated heterocycles. The Morgan fingerprint density at radius 3 is 2.35 bits per heavy atom. The van der Waals surface area contributed by atoms with Crippen LogP contribution in [0.5, 0.6) is 0 Å². The zero-order valence-electron chi connectivity index (χ0n) is 16.7. The highest BCUT2D eigenvalue weighted by atomic mass is 19.1. The molecule has 3 aromatic rings. The van der Waals surface area contributed by atoms with Crippen LogP contribution in [-0.2, 0) is 10.3 Å². The summed E-state index contributed by atoms with van der Waals surface area (Å²) in [4.78, 5) is 27.3. The second-order valence-corrected chi connectivity index (χ2v) is 8.00. The number of hydrogen-bond donors (Lipinski definition) is 1. The van der Waals surface area contributed by atoms with Crippen molar-refractivity contribution in [1.29, 1.82) is 0 Å². The van der Waals surface area contributed by atoms with E-state index in [1.807, 2.05) is 30.3 Å². The van der Waals surface area contributed by atoms with Gasteiger partial charge in [-0.1, -0.05) is 66.7 Å². The predicted octanol–water partition coefficient (Wildman–Crippen LogP) is 3.77. The van der Waals surface area contributed by atoms with E-state index in [1.54, 1.807) is 49.5 Å². The zero-order valence-corrected chi connectivity index (χ0v) is 16.7. The summed E-state index contributed by atoms with van der Waals surface area (Å²) in [6, 6.07) is 20.1. The van der Waals surface area contributed by atoms with Gasteiger partial charge in [0.15, 0.2) is 0 Å². The van der Waals surface area contributed by atoms with E-state index in [0.717, 1.165) is 0 Å². The summed E-state index contributed by atoms with van der Waals surface area (Å²) < 4.78 is 14.8. The molecule has 7 heteroatoms. The number of carbonyl (C=O) groups is 1. The van der Waals surface area contributed by atoms with E-state index in [2.05, 4.69) is 5.32 Å². The van der Waals surface area contributed by atoms with Gasteiger partial charge >= 0.3 is 0 Å². The lowest BCUT2D eigenvalue weighted by atomic mass is 9.74. The largest absolute Gasteiger partial charge is 0.313 e. The molecule has 5 rings (SSSR count). The zero-order chi connectivity index (χ0) is 21.8. The van der Waals surface area contributed by atoms with Gasteiger partial charge in [-0.2, -0.15) is 0 Å². The number of nitrogens with one attached hydrogen (secondary N) is 1. The smallest absolute Gasteiger partial charge is 0.252 e. The third-order valence-electron chi connectivity index (χ3n) is 6.51. The number of hydrogen-bond acceptors (Lipinski definition) is 4. The van der Waals surface area contributed by atoms with Crippen molar-refractivity contribution in [2.45, 2.75) is 23.5 Å². The van der Waals surface area contributed by atoms with Crippen LogP contribution >= 0.6 is 0 Å². The summed E-state index contributed by atoms with van der Waals surface area (Å²) in [6.07, 6.45) is 0. The maximum absolute atomic E-state index is 14.8. The molecule has 2 aliphatic heterocycles. The molecule has 156 valence electrons. The molecule has 1 fully saturated rings. The average molecular weight is 417 g/mol. The monoisotopic (exact) mass is 417 g/mol. The van der Waals surface area contributed by atoms with E-state index in [4.69, 9.17) is 0 Å². The highest BCUT2D eigenvalue weighted by Crippen LogP contribution is 2.56. The van der Waals surface area contributed by atoms with Crippen molar-refractivity contribution in [3.05, 3.63) is 111 Å². The van der Waals surface area contributed by atoms with Gasteiger partial charge in [-0.3, -0.25) is 20.2 Å². The van der Waals surface area contributed by atoms with Gasteiger partial charge in [0.2, 0.25) is 6.04 Å². The number of fused-ring (bicyclic) bond motifs is 2. The fraction of sp³-hybridized carbons (Fsp3) is 0.208. The molecule has 1 spiro atoms. The average Bonchev–Trinajstić information content (AvgIpc) is 3.25. The number of halogens is 1. The molecular formula is C24H20FN3O3. The summed E-state index contributed by atoms with van der Waals surface area (Å²) in [5.41, 5.74) is 0.826. The van der Waals surface area contributed by atoms with E-state index in [9.17, 15) is 19.3 Å². The minimum atomic E-state index is -1.38. The Hall–Kier alpha value is -3.58. The summed E-state index contributed by atoms with van der Waals surface area (Å²) in [6.45, 7) is 0. The fourth-order valence-corrected chi connectivity index (χ4v) is 5.24. The molecule has 31 heavy (non-hydrogen) atoms. The first-order valence-corrected chi connectivity index (χ1v) is 10.0. The number of carbonyl (C=O) groups excluding carboxylic acids is 1. The number of rotatable bonds is 3. The van der Waals surface area contributed by atoms with E-state index in [-0.39, 0.29) is 16.4 Å². The van der Waals surface area contributed by atoms with Crippen molar-refractivity contribution >= 4 is 11.6 Å². The number of nitro groups is 1. The molecule has 0 aliphatic carbocycles. The second kappa shape index (κ2) is 6.99. The molecule has 2 heterocycles. The van der Waals surface area contributed by atoms with E-state index < -0.39 is 29.4 Å². The maximum atomic E-state index is 14.8. The SMILES string of the molecule is CN1C(=O)C2(N[C@@H](c3ccccc3F)[C@@H]([N+](=O)[O-])[C@H]2c2ccccc2)c2ccccc21. The maximum Gasteiger partial charge on any atom is 0.252 e. The lowest BCUT2D eigenvalue weighted by Gasteiger charge is -2.30. The Balaban J connectivity index is 1.81. The molecule has 1 amide bonds. The number of likely N-dealkylation sites (N-methyl/N-ethyl adjacent to an activating group) is 1. The van der Waals surface area contributed by atoms with Gasteiger partial charge in [0.05, 0.1) is 5.92 Å². The van der Waals surface area contributed by atoms with Gasteiger partial charge in [-0.05, 0) is 17.7 Å². The minimum Gasteiger partial charge on any atom is -0.313 e. The van der Waals surface area contributed by atoms with Crippen LogP contribution < -0.4 is 10.2 Å². The van der Waals surface area contributed by atoms with Gasteiger partial charge < -0.3 is 4.90 Å². The summed E-state index contributed by atoms with van der Waals surface area (Å²) >= 11 is 0. The number of anilines is 1. The normalized spacial score (nSPS) is 27.0. The molecule has 2 aliphatic rings. The third kappa shape index (κ3) is 2.63. The first-order chi connectivity index (χ1) is 15.0. The Kier molecular flexibility index (Phi) is 4.37. The summed E-state index contributed by atoms with van der Waals surface area (Å²) in [5, 5.41) is 15.7. The Bertz CT molecular complexity index is 1190. The lowest BCUT2D eigenvalue weighted by Crippen LogP contribution is -2.50. The van der Waals surface area contributed by atoms with Crippen LogP contribution in [0.4, 0.5) is 10.1 Å². The minimum absolute atomic E-state index is 0.182. The molecule has 0 saturated carbocycles. The topological polar surface area (TPSA) is 75.5 Å². The highest BCUT2D eigenvalue weighted by Gasteiger charge is 2.68. The van der Waals surface area contributed by atoms with Crippen LogP contribution in [0.1, 0.15) is 28.7 Å². The quantitative estimate of drug-likeness (QED) is 0.520. The second-order valence-electron chi connectivity index (χ2n) is 8.00. The Morgan fingerprint density at radius 1 is 1.00 bits per heavy atom. The van der Waals surface area contributed by atoms with Crippen LogP contribution in [0.3, 0.4) is 0 Å². The van der Waals surface area contributed by atoms with Crippen molar-refractivity contribution in [3.8, 4) is 0 Å². The number of benzene rings is 3. The van der Waals surface area contributed by atoms with Crippen LogP contribution in [0.15, 0.2) is 78.9 Å². The van der Waals surface area contributed by atoms with Crippen molar-refractivity contribution in [2.75, 3.05) is 11.9 Å². The number of para-hydroxylation sites is 1. The van der Waals surface area contributed by atoms with Crippen LogP contribution in [0.2, 0.25) is 0 Å². The number of nitrogens with zero attached hydrogens (tertiary/aromatic N) is 2. The molecule has 1 unspecified atom stereocenters. The lowest BCUT2D eigenvalue weighted by molar-refractivity contribution is -0.528. The highest BCUT2D eigenvalue weighted by molar-refractivity contribution is 6.08. The van der Waals surface area contributed by atoms with Crippen LogP contribution in [0, 0.1) is 15.9 Å². The van der Waals surface area contributed by atoms with Crippen molar-refractivity contribution in [3.63, 3.8) is 0 Å². The molecule has 1 N–H and O–H groups in total.